The van der Waals surface area contributed by atoms with Gasteiger partial charge in [0.25, 0.3) is 0 Å². The highest BCUT2D eigenvalue weighted by atomic mass is 35.5. The Labute approximate surface area is 172 Å². The van der Waals surface area contributed by atoms with E-state index in [1.165, 1.54) is 6.33 Å². The summed E-state index contributed by atoms with van der Waals surface area (Å²) in [4.78, 5) is 23.1. The van der Waals surface area contributed by atoms with Crippen LogP contribution in [0.4, 0.5) is 0 Å². The van der Waals surface area contributed by atoms with Crippen LogP contribution in [0.25, 0.3) is 22.1 Å². The van der Waals surface area contributed by atoms with Gasteiger partial charge in [-0.1, -0.05) is 29.8 Å². The van der Waals surface area contributed by atoms with Crippen LogP contribution in [0.2, 0.25) is 5.02 Å². The normalized spacial score (nSPS) is 16.8. The first-order chi connectivity index (χ1) is 14.1. The van der Waals surface area contributed by atoms with Crippen molar-refractivity contribution in [3.05, 3.63) is 65.1 Å². The van der Waals surface area contributed by atoms with Gasteiger partial charge in [0, 0.05) is 30.5 Å². The highest BCUT2D eigenvalue weighted by molar-refractivity contribution is 6.30. The van der Waals surface area contributed by atoms with Crippen LogP contribution in [0.5, 0.6) is 5.75 Å². The van der Waals surface area contributed by atoms with E-state index in [1.807, 2.05) is 41.3 Å². The number of fused-ring (bicyclic) bond motifs is 3. The third-order valence-corrected chi connectivity index (χ3v) is 5.69. The van der Waals surface area contributed by atoms with E-state index in [0.717, 1.165) is 22.0 Å². The highest BCUT2D eigenvalue weighted by Gasteiger charge is 2.33. The van der Waals surface area contributed by atoms with Crippen molar-refractivity contribution in [1.82, 2.24) is 14.9 Å². The van der Waals surface area contributed by atoms with E-state index in [1.54, 1.807) is 13.3 Å². The molecule has 0 bridgehead atoms. The maximum atomic E-state index is 12.7. The summed E-state index contributed by atoms with van der Waals surface area (Å²) in [6.07, 6.45) is 3.61. The van der Waals surface area contributed by atoms with E-state index in [-0.39, 0.29) is 11.8 Å². The van der Waals surface area contributed by atoms with Crippen molar-refractivity contribution in [1.29, 1.82) is 0 Å². The lowest BCUT2D eigenvalue weighted by Crippen LogP contribution is -2.24. The second kappa shape index (κ2) is 7.04. The smallest absolute Gasteiger partial charge is 0.223 e. The summed E-state index contributed by atoms with van der Waals surface area (Å²) in [5, 5.41) is 1.58. The molecule has 3 heterocycles. The monoisotopic (exact) mass is 407 g/mol. The molecule has 7 heteroatoms. The zero-order chi connectivity index (χ0) is 20.0. The van der Waals surface area contributed by atoms with Crippen molar-refractivity contribution in [3.63, 3.8) is 0 Å². The number of amides is 1. The Hall–Kier alpha value is -3.12. The molecule has 0 saturated carbocycles. The van der Waals surface area contributed by atoms with Gasteiger partial charge in [0.05, 0.1) is 18.7 Å². The summed E-state index contributed by atoms with van der Waals surface area (Å²) >= 11 is 5.97. The van der Waals surface area contributed by atoms with E-state index in [0.29, 0.717) is 41.4 Å². The lowest BCUT2D eigenvalue weighted by atomic mass is 9.94. The first-order valence-electron chi connectivity index (χ1n) is 9.35. The highest BCUT2D eigenvalue weighted by Crippen LogP contribution is 2.41. The molecule has 0 radical (unpaired) electrons. The Morgan fingerprint density at radius 2 is 2.07 bits per heavy atom. The van der Waals surface area contributed by atoms with Crippen LogP contribution < -0.4 is 4.74 Å². The van der Waals surface area contributed by atoms with E-state index in [9.17, 15) is 4.79 Å². The molecule has 1 fully saturated rings. The molecule has 1 unspecified atom stereocenters. The topological polar surface area (TPSA) is 68.5 Å². The Morgan fingerprint density at radius 3 is 2.86 bits per heavy atom. The number of hydrogen-bond acceptors (Lipinski definition) is 5. The van der Waals surface area contributed by atoms with Gasteiger partial charge in [0.2, 0.25) is 5.91 Å². The molecule has 146 valence electrons. The van der Waals surface area contributed by atoms with Gasteiger partial charge >= 0.3 is 0 Å². The molecule has 5 rings (SSSR count). The van der Waals surface area contributed by atoms with Gasteiger partial charge in [-0.3, -0.25) is 4.79 Å². The molecule has 2 aromatic carbocycles. The van der Waals surface area contributed by atoms with Gasteiger partial charge in [-0.25, -0.2) is 9.97 Å². The number of carbonyl (C=O) groups excluding carboxylic acids is 1. The van der Waals surface area contributed by atoms with Gasteiger partial charge in [-0.15, -0.1) is 0 Å². The lowest BCUT2D eigenvalue weighted by molar-refractivity contribution is -0.128. The van der Waals surface area contributed by atoms with Gasteiger partial charge < -0.3 is 14.1 Å². The number of nitrogens with zero attached hydrogens (tertiary/aromatic N) is 3. The van der Waals surface area contributed by atoms with E-state index < -0.39 is 0 Å². The fraction of sp³-hybridized carbons (Fsp3) is 0.227. The molecule has 29 heavy (non-hydrogen) atoms. The third-order valence-electron chi connectivity index (χ3n) is 5.44. The fourth-order valence-corrected chi connectivity index (χ4v) is 4.18. The second-order valence-electron chi connectivity index (χ2n) is 7.20. The summed E-state index contributed by atoms with van der Waals surface area (Å²) < 4.78 is 11.4. The van der Waals surface area contributed by atoms with Crippen molar-refractivity contribution in [2.75, 3.05) is 13.7 Å². The molecular weight excluding hydrogens is 390 g/mol. The number of hydrogen-bond donors (Lipinski definition) is 0. The van der Waals surface area contributed by atoms with Gasteiger partial charge in [-0.05, 0) is 29.3 Å². The maximum absolute atomic E-state index is 12.7. The number of aromatic nitrogens is 2. The first-order valence-corrected chi connectivity index (χ1v) is 9.73. The van der Waals surface area contributed by atoms with Crippen LogP contribution in [0.1, 0.15) is 23.5 Å². The quantitative estimate of drug-likeness (QED) is 0.496. The van der Waals surface area contributed by atoms with Crippen molar-refractivity contribution in [3.8, 4) is 5.75 Å². The molecular formula is C22H18ClN3O3. The molecule has 1 saturated heterocycles. The molecule has 1 aliphatic rings. The van der Waals surface area contributed by atoms with Crippen molar-refractivity contribution < 1.29 is 13.9 Å². The molecule has 1 aliphatic heterocycles. The minimum atomic E-state index is 0.0546. The number of ether oxygens (including phenoxy) is 1. The number of halogens is 1. The summed E-state index contributed by atoms with van der Waals surface area (Å²) in [7, 11) is 1.61. The number of methoxy groups -OCH3 is 1. The Morgan fingerprint density at radius 1 is 1.24 bits per heavy atom. The van der Waals surface area contributed by atoms with Gasteiger partial charge in [-0.2, -0.15) is 0 Å². The number of furan rings is 1. The van der Waals surface area contributed by atoms with Crippen LogP contribution in [0.3, 0.4) is 0 Å². The number of benzene rings is 2. The second-order valence-corrected chi connectivity index (χ2v) is 7.64. The number of carbonyl (C=O) groups is 1. The van der Waals surface area contributed by atoms with Crippen LogP contribution in [0, 0.1) is 0 Å². The zero-order valence-electron chi connectivity index (χ0n) is 15.8. The molecule has 0 spiro atoms. The molecule has 2 aromatic heterocycles. The SMILES string of the molecule is COc1ccc(C2CC(=O)N(Cc3ccc(Cl)cc3)C2)c2c1oc1cncnc12. The minimum absolute atomic E-state index is 0.0546. The van der Waals surface area contributed by atoms with Crippen molar-refractivity contribution in [2.24, 2.45) is 0 Å². The van der Waals surface area contributed by atoms with Crippen LogP contribution in [-0.2, 0) is 11.3 Å². The molecule has 0 N–H and O–H groups in total. The molecule has 4 aromatic rings. The van der Waals surface area contributed by atoms with Gasteiger partial charge in [0.15, 0.2) is 16.9 Å². The van der Waals surface area contributed by atoms with Crippen LogP contribution >= 0.6 is 11.6 Å². The van der Waals surface area contributed by atoms with Crippen molar-refractivity contribution >= 4 is 39.6 Å². The first kappa shape index (κ1) is 17.9. The Bertz CT molecular complexity index is 1220. The Kier molecular flexibility index (Phi) is 4.36. The molecule has 0 aliphatic carbocycles. The average molecular weight is 408 g/mol. The van der Waals surface area contributed by atoms with Crippen molar-refractivity contribution in [2.45, 2.75) is 18.9 Å². The zero-order valence-corrected chi connectivity index (χ0v) is 16.5. The largest absolute Gasteiger partial charge is 0.493 e. The fourth-order valence-electron chi connectivity index (χ4n) is 4.06. The average Bonchev–Trinajstić information content (AvgIpc) is 3.30. The van der Waals surface area contributed by atoms with Crippen LogP contribution in [-0.4, -0.2) is 34.4 Å². The summed E-state index contributed by atoms with van der Waals surface area (Å²) in [5.74, 6) is 0.833. The van der Waals surface area contributed by atoms with E-state index >= 15 is 0 Å². The third kappa shape index (κ3) is 3.09. The molecule has 1 amide bonds. The molecule has 6 nitrogen and oxygen atoms in total. The predicted molar refractivity (Wildman–Crippen MR) is 110 cm³/mol. The van der Waals surface area contributed by atoms with E-state index in [2.05, 4.69) is 9.97 Å². The maximum Gasteiger partial charge on any atom is 0.223 e. The lowest BCUT2D eigenvalue weighted by Gasteiger charge is -2.17. The van der Waals surface area contributed by atoms with E-state index in [4.69, 9.17) is 20.8 Å². The van der Waals surface area contributed by atoms with Gasteiger partial charge in [0.1, 0.15) is 11.8 Å². The Balaban J connectivity index is 1.52. The summed E-state index contributed by atoms with van der Waals surface area (Å²) in [6, 6.07) is 11.5. The van der Waals surface area contributed by atoms with Crippen LogP contribution in [0.15, 0.2) is 53.3 Å². The standard InChI is InChI=1S/C22H18ClN3O3/c1-28-17-7-6-16(20-21-18(29-22(17)20)9-24-12-25-21)14-8-19(27)26(11-14)10-13-2-4-15(23)5-3-13/h2-7,9,12,14H,8,10-11H2,1H3. The predicted octanol–water partition coefficient (Wildman–Crippen LogP) is 4.55. The summed E-state index contributed by atoms with van der Waals surface area (Å²) in [5.41, 5.74) is 4.10. The molecule has 1 atom stereocenters. The minimum Gasteiger partial charge on any atom is -0.493 e. The number of rotatable bonds is 4. The number of likely N-dealkylation sites (tertiary alicyclic amines) is 1. The summed E-state index contributed by atoms with van der Waals surface area (Å²) in [6.45, 7) is 1.21.